The standard InChI is InChI=1S/C26H27FN4O5S/c1-26(2,3)36-25(33)30-14-16-4-6-17(7-5-16)20-9-8-18(27)12-23(20)37(34,35)31-19-13-21-22(29-15-19)10-11-28-24(21)32/h4-9,12-13,15,31H,10-11,14H2,1-3H3,(H,28,32)(H,30,33). The first-order chi connectivity index (χ1) is 17.4. The van der Waals surface area contributed by atoms with Crippen molar-refractivity contribution in [2.24, 2.45) is 0 Å². The molecule has 3 aromatic rings. The fourth-order valence-electron chi connectivity index (χ4n) is 3.79. The molecular weight excluding hydrogens is 499 g/mol. The molecule has 0 unspecified atom stereocenters. The van der Waals surface area contributed by atoms with Crippen LogP contribution in [0.25, 0.3) is 11.1 Å². The van der Waals surface area contributed by atoms with Gasteiger partial charge in [-0.05, 0) is 50.1 Å². The van der Waals surface area contributed by atoms with Gasteiger partial charge in [0.25, 0.3) is 15.9 Å². The van der Waals surface area contributed by atoms with Gasteiger partial charge in [-0.25, -0.2) is 17.6 Å². The molecule has 0 bridgehead atoms. The molecule has 0 saturated heterocycles. The molecule has 0 spiro atoms. The zero-order chi connectivity index (χ0) is 26.8. The second-order valence-corrected chi connectivity index (χ2v) is 11.2. The summed E-state index contributed by atoms with van der Waals surface area (Å²) in [4.78, 5) is 27.9. The molecule has 194 valence electrons. The number of halogens is 1. The zero-order valence-electron chi connectivity index (χ0n) is 20.6. The van der Waals surface area contributed by atoms with E-state index in [2.05, 4.69) is 20.3 Å². The molecule has 2 heterocycles. The van der Waals surface area contributed by atoms with Crippen molar-refractivity contribution in [2.75, 3.05) is 11.3 Å². The Balaban J connectivity index is 1.56. The highest BCUT2D eigenvalue weighted by atomic mass is 32.2. The maximum absolute atomic E-state index is 14.2. The summed E-state index contributed by atoms with van der Waals surface area (Å²) >= 11 is 0. The molecule has 0 radical (unpaired) electrons. The van der Waals surface area contributed by atoms with Gasteiger partial charge < -0.3 is 15.4 Å². The highest BCUT2D eigenvalue weighted by Gasteiger charge is 2.23. The van der Waals surface area contributed by atoms with Crippen LogP contribution >= 0.6 is 0 Å². The highest BCUT2D eigenvalue weighted by molar-refractivity contribution is 7.92. The molecule has 1 aromatic heterocycles. The molecule has 9 nitrogen and oxygen atoms in total. The van der Waals surface area contributed by atoms with Crippen LogP contribution in [-0.2, 0) is 27.7 Å². The third kappa shape index (κ3) is 6.42. The molecule has 1 aliphatic rings. The van der Waals surface area contributed by atoms with E-state index in [1.807, 2.05) is 0 Å². The number of sulfonamides is 1. The second kappa shape index (κ2) is 10.2. The summed E-state index contributed by atoms with van der Waals surface area (Å²) in [5, 5.41) is 5.35. The van der Waals surface area contributed by atoms with E-state index in [1.165, 1.54) is 24.4 Å². The van der Waals surface area contributed by atoms with Crippen molar-refractivity contribution in [3.8, 4) is 11.1 Å². The van der Waals surface area contributed by atoms with Crippen LogP contribution in [0.1, 0.15) is 42.4 Å². The van der Waals surface area contributed by atoms with Gasteiger partial charge in [0.1, 0.15) is 11.4 Å². The first-order valence-electron chi connectivity index (χ1n) is 11.6. The van der Waals surface area contributed by atoms with Crippen LogP contribution in [0.3, 0.4) is 0 Å². The van der Waals surface area contributed by atoms with E-state index in [0.717, 1.165) is 11.6 Å². The molecule has 2 amide bonds. The highest BCUT2D eigenvalue weighted by Crippen LogP contribution is 2.30. The van der Waals surface area contributed by atoms with Gasteiger partial charge in [0.05, 0.1) is 28.0 Å². The van der Waals surface area contributed by atoms with Crippen LogP contribution in [0.5, 0.6) is 0 Å². The minimum Gasteiger partial charge on any atom is -0.444 e. The minimum atomic E-state index is -4.24. The molecule has 1 aliphatic heterocycles. The molecule has 11 heteroatoms. The molecule has 37 heavy (non-hydrogen) atoms. The molecule has 0 aliphatic carbocycles. The quantitative estimate of drug-likeness (QED) is 0.446. The number of amides is 2. The summed E-state index contributed by atoms with van der Waals surface area (Å²) < 4.78 is 48.4. The number of benzene rings is 2. The van der Waals surface area contributed by atoms with Gasteiger partial charge in [0.15, 0.2) is 0 Å². The fraction of sp³-hybridized carbons (Fsp3) is 0.269. The third-order valence-corrected chi connectivity index (χ3v) is 6.87. The summed E-state index contributed by atoms with van der Waals surface area (Å²) in [6, 6.07) is 11.7. The number of hydrogen-bond acceptors (Lipinski definition) is 6. The van der Waals surface area contributed by atoms with Crippen molar-refractivity contribution in [3.63, 3.8) is 0 Å². The van der Waals surface area contributed by atoms with Gasteiger partial charge in [-0.2, -0.15) is 0 Å². The van der Waals surface area contributed by atoms with Crippen molar-refractivity contribution in [1.29, 1.82) is 0 Å². The largest absolute Gasteiger partial charge is 0.444 e. The topological polar surface area (TPSA) is 126 Å². The Morgan fingerprint density at radius 3 is 2.54 bits per heavy atom. The second-order valence-electron chi connectivity index (χ2n) is 9.52. The lowest BCUT2D eigenvalue weighted by Crippen LogP contribution is -2.32. The third-order valence-electron chi connectivity index (χ3n) is 5.45. The number of carbonyl (C=O) groups is 2. The Labute approximate surface area is 214 Å². The van der Waals surface area contributed by atoms with Crippen LogP contribution in [-0.4, -0.2) is 37.5 Å². The molecule has 3 N–H and O–H groups in total. The van der Waals surface area contributed by atoms with E-state index in [-0.39, 0.29) is 28.6 Å². The van der Waals surface area contributed by atoms with E-state index < -0.39 is 27.5 Å². The molecule has 4 rings (SSSR count). The van der Waals surface area contributed by atoms with Gasteiger partial charge in [-0.1, -0.05) is 30.3 Å². The molecule has 2 aromatic carbocycles. The van der Waals surface area contributed by atoms with E-state index in [1.54, 1.807) is 45.0 Å². The first-order valence-corrected chi connectivity index (χ1v) is 13.1. The van der Waals surface area contributed by atoms with Crippen LogP contribution in [0.2, 0.25) is 0 Å². The summed E-state index contributed by atoms with van der Waals surface area (Å²) in [5.41, 5.74) is 1.93. The normalized spacial score (nSPS) is 13.4. The zero-order valence-corrected chi connectivity index (χ0v) is 21.4. The monoisotopic (exact) mass is 526 g/mol. The number of fused-ring (bicyclic) bond motifs is 1. The number of pyridine rings is 1. The van der Waals surface area contributed by atoms with E-state index in [9.17, 15) is 22.4 Å². The van der Waals surface area contributed by atoms with Crippen molar-refractivity contribution in [2.45, 2.75) is 44.2 Å². The summed E-state index contributed by atoms with van der Waals surface area (Å²) in [5.74, 6) is -1.05. The lowest BCUT2D eigenvalue weighted by Gasteiger charge is -2.19. The maximum atomic E-state index is 14.2. The predicted molar refractivity (Wildman–Crippen MR) is 136 cm³/mol. The SMILES string of the molecule is CC(C)(C)OC(=O)NCc1ccc(-c2ccc(F)cc2S(=O)(=O)Nc2cnc3c(c2)C(=O)NCC3)cc1. The lowest BCUT2D eigenvalue weighted by molar-refractivity contribution is 0.0523. The van der Waals surface area contributed by atoms with Gasteiger partial charge in [0, 0.05) is 25.1 Å². The average molecular weight is 527 g/mol. The number of alkyl carbamates (subject to hydrolysis) is 1. The number of anilines is 1. The Morgan fingerprint density at radius 1 is 1.11 bits per heavy atom. The van der Waals surface area contributed by atoms with Crippen LogP contribution in [0.15, 0.2) is 59.6 Å². The van der Waals surface area contributed by atoms with E-state index in [4.69, 9.17) is 4.74 Å². The van der Waals surface area contributed by atoms with Crippen molar-refractivity contribution < 1.29 is 27.1 Å². The number of nitrogens with one attached hydrogen (secondary N) is 3. The van der Waals surface area contributed by atoms with E-state index >= 15 is 0 Å². The lowest BCUT2D eigenvalue weighted by atomic mass is 10.0. The smallest absolute Gasteiger partial charge is 0.407 e. The van der Waals surface area contributed by atoms with Gasteiger partial charge in [-0.3, -0.25) is 14.5 Å². The fourth-order valence-corrected chi connectivity index (χ4v) is 5.07. The summed E-state index contributed by atoms with van der Waals surface area (Å²) in [6.07, 6.45) is 1.33. The van der Waals surface area contributed by atoms with Crippen LogP contribution < -0.4 is 15.4 Å². The first kappa shape index (κ1) is 26.1. The maximum Gasteiger partial charge on any atom is 0.407 e. The summed E-state index contributed by atoms with van der Waals surface area (Å²) in [7, 11) is -4.24. The number of ether oxygens (including phenoxy) is 1. The summed E-state index contributed by atoms with van der Waals surface area (Å²) in [6.45, 7) is 5.98. The van der Waals surface area contributed by atoms with Crippen LogP contribution in [0, 0.1) is 5.82 Å². The predicted octanol–water partition coefficient (Wildman–Crippen LogP) is 4.00. The number of hydrogen-bond donors (Lipinski definition) is 3. The number of rotatable bonds is 6. The Bertz CT molecular complexity index is 1450. The number of carbonyl (C=O) groups excluding carboxylic acids is 2. The molecule has 0 saturated carbocycles. The van der Waals surface area contributed by atoms with Crippen molar-refractivity contribution in [1.82, 2.24) is 15.6 Å². The van der Waals surface area contributed by atoms with Gasteiger partial charge in [0.2, 0.25) is 0 Å². The Morgan fingerprint density at radius 2 is 1.84 bits per heavy atom. The molecule has 0 atom stereocenters. The number of nitrogens with zero attached hydrogens (tertiary/aromatic N) is 1. The van der Waals surface area contributed by atoms with Crippen LogP contribution in [0.4, 0.5) is 14.9 Å². The number of aromatic nitrogens is 1. The van der Waals surface area contributed by atoms with E-state index in [0.29, 0.717) is 29.8 Å². The Hall–Kier alpha value is -3.99. The minimum absolute atomic E-state index is 0.0922. The van der Waals surface area contributed by atoms with Gasteiger partial charge in [-0.15, -0.1) is 0 Å². The van der Waals surface area contributed by atoms with Gasteiger partial charge >= 0.3 is 6.09 Å². The average Bonchev–Trinajstić information content (AvgIpc) is 2.82. The molecule has 0 fully saturated rings. The molecular formula is C26H27FN4O5S. The van der Waals surface area contributed by atoms with Crippen molar-refractivity contribution in [3.05, 3.63) is 77.4 Å². The van der Waals surface area contributed by atoms with Crippen molar-refractivity contribution >= 4 is 27.7 Å². The Kier molecular flexibility index (Phi) is 7.17.